The van der Waals surface area contributed by atoms with Crippen molar-refractivity contribution in [1.29, 1.82) is 0 Å². The van der Waals surface area contributed by atoms with Gasteiger partial charge in [0.1, 0.15) is 12.1 Å². The van der Waals surface area contributed by atoms with Crippen LogP contribution in [0, 0.1) is 19.8 Å². The van der Waals surface area contributed by atoms with Gasteiger partial charge < -0.3 is 10.0 Å². The summed E-state index contributed by atoms with van der Waals surface area (Å²) in [7, 11) is 0. The minimum atomic E-state index is -0.717. The lowest BCUT2D eigenvalue weighted by atomic mass is 10.1. The third kappa shape index (κ3) is 1.85. The molecule has 5 heteroatoms. The molecule has 0 saturated carbocycles. The average Bonchev–Trinajstić information content (AvgIpc) is 2.71. The van der Waals surface area contributed by atoms with Gasteiger partial charge in [0.15, 0.2) is 0 Å². The van der Waals surface area contributed by atoms with Gasteiger partial charge in [-0.25, -0.2) is 9.97 Å². The van der Waals surface area contributed by atoms with Gasteiger partial charge in [-0.1, -0.05) is 0 Å². The summed E-state index contributed by atoms with van der Waals surface area (Å²) in [6.45, 7) is 5.21. The Morgan fingerprint density at radius 2 is 2.25 bits per heavy atom. The van der Waals surface area contributed by atoms with Crippen LogP contribution in [0.15, 0.2) is 6.33 Å². The van der Waals surface area contributed by atoms with E-state index in [0.29, 0.717) is 13.0 Å². The molecule has 1 saturated heterocycles. The van der Waals surface area contributed by atoms with Gasteiger partial charge in [0.05, 0.1) is 5.92 Å². The molecule has 0 radical (unpaired) electrons. The van der Waals surface area contributed by atoms with Gasteiger partial charge in [0.2, 0.25) is 0 Å². The maximum atomic E-state index is 10.9. The van der Waals surface area contributed by atoms with Crippen molar-refractivity contribution < 1.29 is 9.90 Å². The van der Waals surface area contributed by atoms with Crippen molar-refractivity contribution in [2.45, 2.75) is 20.3 Å². The van der Waals surface area contributed by atoms with Gasteiger partial charge in [0, 0.05) is 24.3 Å². The van der Waals surface area contributed by atoms with Crippen molar-refractivity contribution >= 4 is 11.8 Å². The number of aliphatic carboxylic acids is 1. The first-order chi connectivity index (χ1) is 7.59. The molecular weight excluding hydrogens is 206 g/mol. The van der Waals surface area contributed by atoms with Crippen molar-refractivity contribution in [1.82, 2.24) is 9.97 Å². The van der Waals surface area contributed by atoms with Crippen molar-refractivity contribution in [3.63, 3.8) is 0 Å². The fourth-order valence-electron chi connectivity index (χ4n) is 2.00. The molecule has 5 nitrogen and oxygen atoms in total. The normalized spacial score (nSPS) is 20.1. The monoisotopic (exact) mass is 221 g/mol. The van der Waals surface area contributed by atoms with E-state index in [2.05, 4.69) is 9.97 Å². The average molecular weight is 221 g/mol. The van der Waals surface area contributed by atoms with Crippen LogP contribution in [0.25, 0.3) is 0 Å². The van der Waals surface area contributed by atoms with Crippen molar-refractivity contribution in [3.05, 3.63) is 17.6 Å². The number of carboxylic acid groups (broad SMARTS) is 1. The summed E-state index contributed by atoms with van der Waals surface area (Å²) in [5, 5.41) is 8.94. The van der Waals surface area contributed by atoms with E-state index in [1.54, 1.807) is 0 Å². The minimum Gasteiger partial charge on any atom is -0.481 e. The second-order valence-electron chi connectivity index (χ2n) is 4.18. The standard InChI is InChI=1S/C11H15N3O2/c1-7-8(2)12-6-13-10(7)14-4-3-9(5-14)11(15)16/h6,9H,3-5H2,1-2H3,(H,15,16)/t9-/m1/s1. The number of aromatic nitrogens is 2. The molecule has 0 amide bonds. The molecule has 1 aromatic heterocycles. The number of carboxylic acids is 1. The van der Waals surface area contributed by atoms with Gasteiger partial charge in [-0.2, -0.15) is 0 Å². The number of hydrogen-bond donors (Lipinski definition) is 1. The van der Waals surface area contributed by atoms with Crippen molar-refractivity contribution in [2.75, 3.05) is 18.0 Å². The molecule has 1 aliphatic heterocycles. The Labute approximate surface area is 94.1 Å². The number of anilines is 1. The summed E-state index contributed by atoms with van der Waals surface area (Å²) in [5.74, 6) is -0.114. The van der Waals surface area contributed by atoms with Crippen molar-refractivity contribution in [3.8, 4) is 0 Å². The largest absolute Gasteiger partial charge is 0.481 e. The molecule has 2 heterocycles. The van der Waals surface area contributed by atoms with Gasteiger partial charge in [0.25, 0.3) is 0 Å². The van der Waals surface area contributed by atoms with E-state index in [9.17, 15) is 4.79 Å². The van der Waals surface area contributed by atoms with Gasteiger partial charge in [-0.05, 0) is 20.3 Å². The van der Waals surface area contributed by atoms with E-state index in [1.165, 1.54) is 6.33 Å². The van der Waals surface area contributed by atoms with Crippen LogP contribution >= 0.6 is 0 Å². The molecule has 0 aliphatic carbocycles. The molecule has 0 spiro atoms. The molecular formula is C11H15N3O2. The Morgan fingerprint density at radius 3 is 2.88 bits per heavy atom. The fourth-order valence-corrected chi connectivity index (χ4v) is 2.00. The number of nitrogens with zero attached hydrogens (tertiary/aromatic N) is 3. The van der Waals surface area contributed by atoms with Crippen LogP contribution in [0.4, 0.5) is 5.82 Å². The first kappa shape index (κ1) is 10.9. The van der Waals surface area contributed by atoms with E-state index in [-0.39, 0.29) is 5.92 Å². The second kappa shape index (κ2) is 4.08. The predicted octanol–water partition coefficient (Wildman–Crippen LogP) is 1.00. The maximum absolute atomic E-state index is 10.9. The molecule has 1 atom stereocenters. The van der Waals surface area contributed by atoms with Crippen LogP contribution in [-0.4, -0.2) is 34.1 Å². The number of hydrogen-bond acceptors (Lipinski definition) is 4. The van der Waals surface area contributed by atoms with Gasteiger partial charge in [-0.15, -0.1) is 0 Å². The highest BCUT2D eigenvalue weighted by atomic mass is 16.4. The lowest BCUT2D eigenvalue weighted by Gasteiger charge is -2.19. The Bertz CT molecular complexity index is 420. The zero-order chi connectivity index (χ0) is 11.7. The van der Waals surface area contributed by atoms with Crippen LogP contribution in [0.1, 0.15) is 17.7 Å². The maximum Gasteiger partial charge on any atom is 0.308 e. The SMILES string of the molecule is Cc1ncnc(N2CC[C@@H](C(=O)O)C2)c1C. The summed E-state index contributed by atoms with van der Waals surface area (Å²) in [6.07, 6.45) is 2.23. The van der Waals surface area contributed by atoms with Crippen LogP contribution in [0.5, 0.6) is 0 Å². The number of carbonyl (C=O) groups is 1. The lowest BCUT2D eigenvalue weighted by Crippen LogP contribution is -2.24. The Morgan fingerprint density at radius 1 is 1.50 bits per heavy atom. The molecule has 2 rings (SSSR count). The quantitative estimate of drug-likeness (QED) is 0.807. The summed E-state index contributed by atoms with van der Waals surface area (Å²) < 4.78 is 0. The third-order valence-corrected chi connectivity index (χ3v) is 3.15. The smallest absolute Gasteiger partial charge is 0.308 e. The highest BCUT2D eigenvalue weighted by molar-refractivity contribution is 5.72. The summed E-state index contributed by atoms with van der Waals surface area (Å²) in [6, 6.07) is 0. The Balaban J connectivity index is 2.21. The predicted molar refractivity (Wildman–Crippen MR) is 59.5 cm³/mol. The zero-order valence-corrected chi connectivity index (χ0v) is 9.47. The van der Waals surface area contributed by atoms with E-state index in [1.807, 2.05) is 18.7 Å². The molecule has 1 fully saturated rings. The highest BCUT2D eigenvalue weighted by Gasteiger charge is 2.29. The first-order valence-corrected chi connectivity index (χ1v) is 5.35. The lowest BCUT2D eigenvalue weighted by molar-refractivity contribution is -0.140. The molecule has 0 unspecified atom stereocenters. The Kier molecular flexibility index (Phi) is 2.77. The molecule has 16 heavy (non-hydrogen) atoms. The number of rotatable bonds is 2. The zero-order valence-electron chi connectivity index (χ0n) is 9.47. The summed E-state index contributed by atoms with van der Waals surface area (Å²) in [5.41, 5.74) is 1.98. The minimum absolute atomic E-state index is 0.269. The van der Waals surface area contributed by atoms with E-state index >= 15 is 0 Å². The van der Waals surface area contributed by atoms with Crippen LogP contribution in [0.3, 0.4) is 0 Å². The van der Waals surface area contributed by atoms with E-state index in [4.69, 9.17) is 5.11 Å². The molecule has 0 aromatic carbocycles. The van der Waals surface area contributed by atoms with Crippen LogP contribution < -0.4 is 4.90 Å². The van der Waals surface area contributed by atoms with Gasteiger partial charge in [-0.3, -0.25) is 4.79 Å². The molecule has 1 N–H and O–H groups in total. The van der Waals surface area contributed by atoms with Gasteiger partial charge >= 0.3 is 5.97 Å². The second-order valence-corrected chi connectivity index (χ2v) is 4.18. The molecule has 1 aliphatic rings. The van der Waals surface area contributed by atoms with Crippen LogP contribution in [0.2, 0.25) is 0 Å². The first-order valence-electron chi connectivity index (χ1n) is 5.35. The Hall–Kier alpha value is -1.65. The molecule has 0 bridgehead atoms. The molecule has 1 aromatic rings. The topological polar surface area (TPSA) is 66.3 Å². The molecule has 86 valence electrons. The van der Waals surface area contributed by atoms with E-state index in [0.717, 1.165) is 23.6 Å². The summed E-state index contributed by atoms with van der Waals surface area (Å²) >= 11 is 0. The van der Waals surface area contributed by atoms with Crippen LogP contribution in [-0.2, 0) is 4.79 Å². The fraction of sp³-hybridized carbons (Fsp3) is 0.545. The number of aryl methyl sites for hydroxylation is 1. The third-order valence-electron chi connectivity index (χ3n) is 3.15. The van der Waals surface area contributed by atoms with E-state index < -0.39 is 5.97 Å². The summed E-state index contributed by atoms with van der Waals surface area (Å²) in [4.78, 5) is 21.2. The highest BCUT2D eigenvalue weighted by Crippen LogP contribution is 2.25. The van der Waals surface area contributed by atoms with Crippen molar-refractivity contribution in [2.24, 2.45) is 5.92 Å².